The highest BCUT2D eigenvalue weighted by Crippen LogP contribution is 2.66. The van der Waals surface area contributed by atoms with Gasteiger partial charge >= 0.3 is 29.4 Å². The molecule has 1 amide bonds. The predicted octanol–water partition coefficient (Wildman–Crippen LogP) is 4.36. The number of benzene rings is 4. The van der Waals surface area contributed by atoms with Crippen LogP contribution in [0.1, 0.15) is 117 Å². The molecule has 6 aliphatic heterocycles. The van der Waals surface area contributed by atoms with E-state index in [2.05, 4.69) is 66.9 Å². The standard InChI is InChI=1S/C54H54N9O19P3/c1-28(78-52-45-50(58-54(55)59-52)62(27-57-45)43-25-41(64)42(79-43)26-77-84(73,74)82-85(75,76)81-83(70,71)72)33-14-12-29(21-40(33)63(68)69)7-2-16-56-51(65)32-13-15-34(53(66)67)37(24-32)44-38-22-30-8-3-17-60-19-5-10-35(46(30)60)48(38)80-49-36-11-6-20-61-18-4-9-31(47(36)61)23-39(44)49/h12-15,21-24,27-28,41-43,64H,3-6,8-11,16-20,25-26H2,1H3,(H7-,55,56,58,59,65,66,67,70,71,72,73,74,75,76)/p+1/t28-,41+,42+,43+/m0/s1. The molecule has 85 heavy (non-hydrogen) atoms. The third-order valence-corrected chi connectivity index (χ3v) is 19.5. The molecule has 0 aliphatic carbocycles. The average molecular weight is 1230 g/mol. The number of nitrogens with one attached hydrogen (secondary N) is 1. The number of nitro benzene ring substituents is 1. The Balaban J connectivity index is 0.767. The molecule has 4 aromatic carbocycles. The Hall–Kier alpha value is -7.47. The Kier molecular flexibility index (Phi) is 15.3. The highest BCUT2D eigenvalue weighted by atomic mass is 31.3. The molecule has 12 rings (SSSR count). The molecule has 0 radical (unpaired) electrons. The van der Waals surface area contributed by atoms with Crippen molar-refractivity contribution in [3.63, 3.8) is 0 Å². The maximum atomic E-state index is 14.1. The maximum Gasteiger partial charge on any atom is 0.490 e. The molecule has 6 atom stereocenters. The Morgan fingerprint density at radius 2 is 1.68 bits per heavy atom. The fourth-order valence-corrected chi connectivity index (χ4v) is 15.3. The number of amides is 1. The number of nitrogens with two attached hydrogens (primary N) is 1. The fraction of sp³-hybridized carbons (Fsp3) is 0.370. The predicted molar refractivity (Wildman–Crippen MR) is 299 cm³/mol. The number of fused-ring (bicyclic) bond motifs is 5. The normalized spacial score (nSPS) is 20.3. The molecular formula is C54H55N9O19P3+. The van der Waals surface area contributed by atoms with E-state index in [4.69, 9.17) is 29.7 Å². The number of aromatic nitrogens is 4. The van der Waals surface area contributed by atoms with Gasteiger partial charge in [-0.05, 0) is 99.0 Å². The van der Waals surface area contributed by atoms with Crippen LogP contribution >= 0.6 is 23.5 Å². The number of nitro groups is 1. The van der Waals surface area contributed by atoms with Gasteiger partial charge in [0.05, 0.1) is 47.2 Å². The number of carboxylic acids is 1. The highest BCUT2D eigenvalue weighted by molar-refractivity contribution is 7.66. The third-order valence-electron chi connectivity index (χ3n) is 15.7. The van der Waals surface area contributed by atoms with Crippen molar-refractivity contribution in [1.82, 2.24) is 29.4 Å². The number of imidazole rings is 1. The number of rotatable bonds is 16. The van der Waals surface area contributed by atoms with Gasteiger partial charge < -0.3 is 59.9 Å². The Morgan fingerprint density at radius 3 is 2.45 bits per heavy atom. The summed E-state index contributed by atoms with van der Waals surface area (Å²) in [5, 5.41) is 38.9. The number of anilines is 2. The van der Waals surface area contributed by atoms with Crippen molar-refractivity contribution in [2.45, 2.75) is 89.3 Å². The SMILES string of the molecule is C[C@H](Oc1nc(N)nc2c1ncn2[C@H]1C[C@@H](O)[C@@H](COP(=O)(O)OP(=O)(O)OP(=O)(O)O)O1)c1ccc(C#CCNC(=O)c2ccc(C(=O)O)c(C3=c4cc5c6c(c4Oc4c3cc3c7c4CCCN7CCC3)CCC[N+]=6CCC5)c2)cc1[N+](=O)[O-]. The zero-order valence-corrected chi connectivity index (χ0v) is 47.8. The summed E-state index contributed by atoms with van der Waals surface area (Å²) in [6.07, 6.45) is 3.40. The number of hydrogen-bond donors (Lipinski definition) is 8. The second-order valence-electron chi connectivity index (χ2n) is 21.2. The molecule has 28 nitrogen and oxygen atoms in total. The number of ether oxygens (including phenoxy) is 3. The van der Waals surface area contributed by atoms with Crippen molar-refractivity contribution in [3.05, 3.63) is 131 Å². The molecule has 2 unspecified atom stereocenters. The van der Waals surface area contributed by atoms with Crippen molar-refractivity contribution in [3.8, 4) is 29.2 Å². The van der Waals surface area contributed by atoms with Gasteiger partial charge in [0, 0.05) is 82.7 Å². The Morgan fingerprint density at radius 1 is 0.929 bits per heavy atom. The minimum Gasteiger partial charge on any atom is -0.478 e. The van der Waals surface area contributed by atoms with Crippen LogP contribution in [0.5, 0.6) is 17.4 Å². The van der Waals surface area contributed by atoms with Gasteiger partial charge in [0.2, 0.25) is 17.2 Å². The summed E-state index contributed by atoms with van der Waals surface area (Å²) >= 11 is 0. The van der Waals surface area contributed by atoms with Gasteiger partial charge in [-0.3, -0.25) is 24.0 Å². The summed E-state index contributed by atoms with van der Waals surface area (Å²) in [6.45, 7) is 4.26. The van der Waals surface area contributed by atoms with Crippen molar-refractivity contribution in [1.29, 1.82) is 0 Å². The molecule has 0 spiro atoms. The number of phosphoric acid groups is 3. The first-order chi connectivity index (χ1) is 40.5. The number of carboxylic acid groups (broad SMARTS) is 1. The summed E-state index contributed by atoms with van der Waals surface area (Å²) < 4.78 is 69.9. The number of aliphatic hydroxyl groups is 1. The summed E-state index contributed by atoms with van der Waals surface area (Å²) in [5.74, 6) is 5.05. The molecule has 0 bridgehead atoms. The average Bonchev–Trinajstić information content (AvgIpc) is 1.91. The lowest BCUT2D eigenvalue weighted by Crippen LogP contribution is -2.45. The van der Waals surface area contributed by atoms with Crippen LogP contribution in [0.25, 0.3) is 16.7 Å². The molecule has 1 saturated heterocycles. The van der Waals surface area contributed by atoms with Gasteiger partial charge in [-0.25, -0.2) is 28.0 Å². The van der Waals surface area contributed by atoms with Crippen LogP contribution in [0.3, 0.4) is 0 Å². The van der Waals surface area contributed by atoms with Gasteiger partial charge in [-0.2, -0.15) is 18.6 Å². The van der Waals surface area contributed by atoms with Gasteiger partial charge in [-0.1, -0.05) is 11.8 Å². The quantitative estimate of drug-likeness (QED) is 0.0219. The van der Waals surface area contributed by atoms with Gasteiger partial charge in [0.1, 0.15) is 43.0 Å². The number of aryl methyl sites for hydroxylation is 2. The van der Waals surface area contributed by atoms with E-state index < -0.39 is 71.4 Å². The molecule has 0 saturated carbocycles. The summed E-state index contributed by atoms with van der Waals surface area (Å²) in [4.78, 5) is 91.3. The number of nitrogen functional groups attached to an aromatic ring is 1. The largest absolute Gasteiger partial charge is 0.490 e. The molecule has 9 N–H and O–H groups in total. The molecule has 2 aromatic heterocycles. The van der Waals surface area contributed by atoms with Crippen LogP contribution in [0.2, 0.25) is 0 Å². The number of aliphatic hydroxyl groups excluding tert-OH is 1. The molecule has 6 aliphatic rings. The summed E-state index contributed by atoms with van der Waals surface area (Å²) in [5.41, 5.74) is 14.1. The minimum atomic E-state index is -5.80. The van der Waals surface area contributed by atoms with Crippen LogP contribution in [0.15, 0.2) is 54.9 Å². The molecule has 8 heterocycles. The number of nitrogens with zero attached hydrogens (tertiary/aromatic N) is 7. The maximum absolute atomic E-state index is 14.1. The molecule has 444 valence electrons. The second kappa shape index (κ2) is 22.4. The summed E-state index contributed by atoms with van der Waals surface area (Å²) in [7, 11) is -17.0. The molecule has 31 heteroatoms. The van der Waals surface area contributed by atoms with Gasteiger partial charge in [0.15, 0.2) is 11.2 Å². The smallest absolute Gasteiger partial charge is 0.478 e. The number of carbonyl (C=O) groups is 2. The number of hydrogen-bond acceptors (Lipinski definition) is 19. The monoisotopic (exact) mass is 1230 g/mol. The van der Waals surface area contributed by atoms with Crippen LogP contribution in [-0.4, -0.2) is 118 Å². The highest BCUT2D eigenvalue weighted by Gasteiger charge is 2.44. The lowest BCUT2D eigenvalue weighted by atomic mass is 9.81. The first kappa shape index (κ1) is 57.9. The molecule has 1 fully saturated rings. The van der Waals surface area contributed by atoms with Crippen LogP contribution in [-0.2, 0) is 57.3 Å². The zero-order valence-electron chi connectivity index (χ0n) is 45.2. The molecular weight excluding hydrogens is 1170 g/mol. The van der Waals surface area contributed by atoms with E-state index in [1.165, 1.54) is 70.3 Å². The Bertz CT molecular complexity index is 4190. The third kappa shape index (κ3) is 11.5. The first-order valence-electron chi connectivity index (χ1n) is 27.1. The summed E-state index contributed by atoms with van der Waals surface area (Å²) in [6, 6.07) is 13.1. The van der Waals surface area contributed by atoms with Crippen LogP contribution < -0.4 is 40.6 Å². The lowest BCUT2D eigenvalue weighted by molar-refractivity contribution is -0.386. The fourth-order valence-electron chi connectivity index (χ4n) is 12.3. The van der Waals surface area contributed by atoms with E-state index in [-0.39, 0.29) is 63.9 Å². The van der Waals surface area contributed by atoms with E-state index >= 15 is 0 Å². The van der Waals surface area contributed by atoms with E-state index in [1.807, 2.05) is 0 Å². The number of phosphoric ester groups is 1. The Labute approximate surface area is 482 Å². The molecule has 6 aromatic rings. The zero-order chi connectivity index (χ0) is 59.9. The minimum absolute atomic E-state index is 0.00771. The second-order valence-corrected chi connectivity index (χ2v) is 25.6. The van der Waals surface area contributed by atoms with Crippen molar-refractivity contribution >= 4 is 69.4 Å². The van der Waals surface area contributed by atoms with E-state index in [9.17, 15) is 53.4 Å². The van der Waals surface area contributed by atoms with Gasteiger partial charge in [0.25, 0.3) is 11.6 Å². The van der Waals surface area contributed by atoms with E-state index in [1.54, 1.807) is 6.07 Å². The van der Waals surface area contributed by atoms with Crippen LogP contribution in [0.4, 0.5) is 17.3 Å². The van der Waals surface area contributed by atoms with Crippen molar-refractivity contribution < 1.29 is 85.3 Å². The van der Waals surface area contributed by atoms with Gasteiger partial charge in [-0.15, -0.1) is 0 Å². The van der Waals surface area contributed by atoms with Crippen LogP contribution in [0, 0.1) is 22.0 Å². The number of aromatic carboxylic acids is 1. The lowest BCUT2D eigenvalue weighted by Gasteiger charge is -2.39. The first-order valence-corrected chi connectivity index (χ1v) is 31.7. The number of carbonyl (C=O) groups excluding carboxylic acids is 1. The van der Waals surface area contributed by atoms with Crippen molar-refractivity contribution in [2.75, 3.05) is 50.0 Å². The van der Waals surface area contributed by atoms with E-state index in [0.717, 1.165) is 117 Å². The topological polar surface area (TPSA) is 393 Å². The van der Waals surface area contributed by atoms with Crippen molar-refractivity contribution in [2.24, 2.45) is 0 Å². The van der Waals surface area contributed by atoms with E-state index in [0.29, 0.717) is 5.56 Å².